The first kappa shape index (κ1) is 16.8. The molecule has 1 aliphatic rings. The predicted molar refractivity (Wildman–Crippen MR) is 102 cm³/mol. The summed E-state index contributed by atoms with van der Waals surface area (Å²) in [5, 5.41) is 0. The molecule has 1 aliphatic heterocycles. The van der Waals surface area contributed by atoms with Crippen LogP contribution in [0.25, 0.3) is 6.08 Å². The Morgan fingerprint density at radius 2 is 1.92 bits per heavy atom. The van der Waals surface area contributed by atoms with Gasteiger partial charge < -0.3 is 9.47 Å². The molecule has 4 heteroatoms. The molecule has 1 heterocycles. The summed E-state index contributed by atoms with van der Waals surface area (Å²) in [5.74, 6) is 1.54. The maximum atomic E-state index is 5.95. The van der Waals surface area contributed by atoms with Gasteiger partial charge in [-0.15, -0.1) is 0 Å². The van der Waals surface area contributed by atoms with Crippen molar-refractivity contribution < 1.29 is 9.47 Å². The second-order valence-electron chi connectivity index (χ2n) is 5.69. The Balaban J connectivity index is 1.85. The Hall–Kier alpha value is -2.07. The van der Waals surface area contributed by atoms with E-state index in [1.54, 1.807) is 7.11 Å². The summed E-state index contributed by atoms with van der Waals surface area (Å²) in [7, 11) is 1.67. The number of ether oxygens (including phenoxy) is 2. The second kappa shape index (κ2) is 7.67. The van der Waals surface area contributed by atoms with Gasteiger partial charge in [0.1, 0.15) is 11.9 Å². The van der Waals surface area contributed by atoms with Gasteiger partial charge in [0, 0.05) is 5.56 Å². The first-order chi connectivity index (χ1) is 11.7. The lowest BCUT2D eigenvalue weighted by Gasteiger charge is -2.30. The molecule has 0 fully saturated rings. The maximum Gasteiger partial charge on any atom is 0.217 e. The monoisotopic (exact) mass is 385 g/mol. The number of halogens is 1. The zero-order chi connectivity index (χ0) is 16.9. The average Bonchev–Trinajstić information content (AvgIpc) is 2.63. The van der Waals surface area contributed by atoms with Crippen LogP contribution in [-0.2, 0) is 4.74 Å². The average molecular weight is 386 g/mol. The van der Waals surface area contributed by atoms with Crippen molar-refractivity contribution in [1.29, 1.82) is 0 Å². The molecular formula is C20H20BrNO2. The van der Waals surface area contributed by atoms with Crippen LogP contribution in [-0.4, -0.2) is 30.0 Å². The Morgan fingerprint density at radius 3 is 2.67 bits per heavy atom. The SMILES string of the molecule is COc1cccc(/C=C/[C@@H]2N=C(c3ccccc3)O[C@@H](C)[C@@H]2Br)c1. The van der Waals surface area contributed by atoms with Crippen molar-refractivity contribution in [3.8, 4) is 5.75 Å². The number of methoxy groups -OCH3 is 1. The topological polar surface area (TPSA) is 30.8 Å². The molecule has 124 valence electrons. The summed E-state index contributed by atoms with van der Waals surface area (Å²) in [5.41, 5.74) is 2.09. The van der Waals surface area contributed by atoms with E-state index in [9.17, 15) is 0 Å². The number of nitrogens with zero attached hydrogens (tertiary/aromatic N) is 1. The van der Waals surface area contributed by atoms with E-state index < -0.39 is 0 Å². The highest BCUT2D eigenvalue weighted by atomic mass is 79.9. The van der Waals surface area contributed by atoms with Crippen LogP contribution in [0.3, 0.4) is 0 Å². The molecule has 3 rings (SSSR count). The molecule has 0 aromatic heterocycles. The Bertz CT molecular complexity index is 742. The summed E-state index contributed by atoms with van der Waals surface area (Å²) >= 11 is 3.71. The fourth-order valence-electron chi connectivity index (χ4n) is 2.58. The molecule has 0 unspecified atom stereocenters. The van der Waals surface area contributed by atoms with Crippen molar-refractivity contribution in [2.24, 2.45) is 4.99 Å². The fourth-order valence-corrected chi connectivity index (χ4v) is 2.99. The maximum absolute atomic E-state index is 5.95. The molecular weight excluding hydrogens is 366 g/mol. The van der Waals surface area contributed by atoms with Crippen LogP contribution in [0.2, 0.25) is 0 Å². The van der Waals surface area contributed by atoms with Gasteiger partial charge >= 0.3 is 0 Å². The van der Waals surface area contributed by atoms with E-state index in [0.717, 1.165) is 16.9 Å². The third-order valence-electron chi connectivity index (χ3n) is 3.94. The third-order valence-corrected chi connectivity index (χ3v) is 5.23. The van der Waals surface area contributed by atoms with Crippen molar-refractivity contribution in [2.75, 3.05) is 7.11 Å². The van der Waals surface area contributed by atoms with E-state index in [-0.39, 0.29) is 17.0 Å². The summed E-state index contributed by atoms with van der Waals surface area (Å²) < 4.78 is 11.2. The van der Waals surface area contributed by atoms with Crippen molar-refractivity contribution in [1.82, 2.24) is 0 Å². The second-order valence-corrected chi connectivity index (χ2v) is 6.75. The molecule has 0 bridgehead atoms. The number of hydrogen-bond donors (Lipinski definition) is 0. The van der Waals surface area contributed by atoms with E-state index in [1.807, 2.05) is 54.6 Å². The quantitative estimate of drug-likeness (QED) is 0.713. The molecule has 24 heavy (non-hydrogen) atoms. The van der Waals surface area contributed by atoms with E-state index in [2.05, 4.69) is 35.0 Å². The number of hydrogen-bond acceptors (Lipinski definition) is 3. The van der Waals surface area contributed by atoms with Crippen LogP contribution in [0, 0.1) is 0 Å². The van der Waals surface area contributed by atoms with Gasteiger partial charge in [-0.3, -0.25) is 0 Å². The van der Waals surface area contributed by atoms with Crippen LogP contribution in [0.1, 0.15) is 18.1 Å². The van der Waals surface area contributed by atoms with Crippen LogP contribution in [0.4, 0.5) is 0 Å². The normalized spacial score (nSPS) is 23.6. The minimum atomic E-state index is 0.00940. The van der Waals surface area contributed by atoms with Crippen LogP contribution < -0.4 is 4.74 Å². The highest BCUT2D eigenvalue weighted by Crippen LogP contribution is 2.26. The van der Waals surface area contributed by atoms with E-state index >= 15 is 0 Å². The number of aliphatic imine (C=N–C) groups is 1. The van der Waals surface area contributed by atoms with E-state index in [4.69, 9.17) is 14.5 Å². The highest BCUT2D eigenvalue weighted by molar-refractivity contribution is 9.09. The zero-order valence-corrected chi connectivity index (χ0v) is 15.3. The summed E-state index contributed by atoms with van der Waals surface area (Å²) in [6, 6.07) is 18.0. The van der Waals surface area contributed by atoms with Gasteiger partial charge in [-0.1, -0.05) is 58.4 Å². The van der Waals surface area contributed by atoms with Gasteiger partial charge in [0.05, 0.1) is 18.0 Å². The minimum absolute atomic E-state index is 0.00940. The van der Waals surface area contributed by atoms with Gasteiger partial charge in [-0.25, -0.2) is 4.99 Å². The molecule has 0 aliphatic carbocycles. The van der Waals surface area contributed by atoms with Crippen LogP contribution >= 0.6 is 15.9 Å². The zero-order valence-electron chi connectivity index (χ0n) is 13.7. The molecule has 3 nitrogen and oxygen atoms in total. The molecule has 0 amide bonds. The lowest BCUT2D eigenvalue weighted by Crippen LogP contribution is -2.38. The summed E-state index contributed by atoms with van der Waals surface area (Å²) in [4.78, 5) is 4.90. The van der Waals surface area contributed by atoms with Crippen LogP contribution in [0.15, 0.2) is 65.7 Å². The van der Waals surface area contributed by atoms with E-state index in [1.165, 1.54) is 0 Å². The van der Waals surface area contributed by atoms with Crippen LogP contribution in [0.5, 0.6) is 5.75 Å². The largest absolute Gasteiger partial charge is 0.497 e. The van der Waals surface area contributed by atoms with E-state index in [0.29, 0.717) is 5.90 Å². The molecule has 0 saturated heterocycles. The van der Waals surface area contributed by atoms with Crippen molar-refractivity contribution >= 4 is 27.9 Å². The molecule has 0 saturated carbocycles. The standard InChI is InChI=1S/C20H20BrNO2/c1-14-19(21)18(12-11-15-7-6-10-17(13-15)23-2)22-20(24-14)16-8-4-3-5-9-16/h3-14,18-19H,1-2H3/b12-11+/t14-,18-,19-/m0/s1. The predicted octanol–water partition coefficient (Wildman–Crippen LogP) is 4.71. The molecule has 2 aromatic carbocycles. The molecule has 2 aromatic rings. The number of alkyl halides is 1. The molecule has 0 radical (unpaired) electrons. The first-order valence-electron chi connectivity index (χ1n) is 7.93. The highest BCUT2D eigenvalue weighted by Gasteiger charge is 2.30. The third kappa shape index (κ3) is 3.88. The summed E-state index contributed by atoms with van der Waals surface area (Å²) in [6.45, 7) is 2.06. The smallest absolute Gasteiger partial charge is 0.217 e. The van der Waals surface area contributed by atoms with Gasteiger partial charge in [-0.2, -0.15) is 0 Å². The Labute approximate surface area is 151 Å². The van der Waals surface area contributed by atoms with Gasteiger partial charge in [-0.05, 0) is 36.8 Å². The van der Waals surface area contributed by atoms with Crippen molar-refractivity contribution in [3.63, 3.8) is 0 Å². The molecule has 0 N–H and O–H groups in total. The Morgan fingerprint density at radius 1 is 1.12 bits per heavy atom. The number of rotatable bonds is 4. The number of benzene rings is 2. The fraction of sp³-hybridized carbons (Fsp3) is 0.250. The lowest BCUT2D eigenvalue weighted by atomic mass is 10.1. The van der Waals surface area contributed by atoms with Gasteiger partial charge in [0.25, 0.3) is 0 Å². The summed E-state index contributed by atoms with van der Waals surface area (Å²) in [6.07, 6.45) is 4.22. The van der Waals surface area contributed by atoms with Gasteiger partial charge in [0.2, 0.25) is 5.90 Å². The van der Waals surface area contributed by atoms with Gasteiger partial charge in [0.15, 0.2) is 0 Å². The lowest BCUT2D eigenvalue weighted by molar-refractivity contribution is 0.185. The Kier molecular flexibility index (Phi) is 5.36. The molecule has 0 spiro atoms. The van der Waals surface area contributed by atoms with Crippen molar-refractivity contribution in [2.45, 2.75) is 23.9 Å². The van der Waals surface area contributed by atoms with Crippen molar-refractivity contribution in [3.05, 3.63) is 71.8 Å². The first-order valence-corrected chi connectivity index (χ1v) is 8.85. The molecule has 3 atom stereocenters. The minimum Gasteiger partial charge on any atom is -0.497 e.